The maximum atomic E-state index is 10.2. The average molecular weight is 356 g/mol. The first kappa shape index (κ1) is 18.5. The Bertz CT molecular complexity index is 771. The van der Waals surface area contributed by atoms with E-state index in [1.54, 1.807) is 19.3 Å². The van der Waals surface area contributed by atoms with Crippen LogP contribution < -0.4 is 4.90 Å². The summed E-state index contributed by atoms with van der Waals surface area (Å²) >= 11 is 0. The van der Waals surface area contributed by atoms with Crippen LogP contribution in [0.4, 0.5) is 0 Å². The summed E-state index contributed by atoms with van der Waals surface area (Å²) in [5.41, 5.74) is 4.11. The Morgan fingerprint density at radius 3 is 2.65 bits per heavy atom. The largest absolute Gasteiger partial charge is 0.505 e. The fraction of sp³-hybridized carbons (Fsp3) is 0.400. The number of aliphatic hydroxyl groups is 1. The minimum Gasteiger partial charge on any atom is -0.505 e. The van der Waals surface area contributed by atoms with Crippen molar-refractivity contribution in [1.82, 2.24) is 4.98 Å². The number of benzene rings is 1. The molecular weight excluding hydrogens is 330 g/mol. The Morgan fingerprint density at radius 2 is 1.92 bits per heavy atom. The quantitative estimate of drug-likeness (QED) is 0.663. The first-order chi connectivity index (χ1) is 12.7. The fourth-order valence-corrected chi connectivity index (χ4v) is 3.15. The van der Waals surface area contributed by atoms with Crippen LogP contribution in [0.2, 0.25) is 0 Å². The number of rotatable bonds is 6. The Hall–Kier alpha value is -2.28. The molecule has 6 nitrogen and oxygen atoms in total. The number of pyridine rings is 1. The van der Waals surface area contributed by atoms with E-state index in [0.29, 0.717) is 23.4 Å². The van der Waals surface area contributed by atoms with Crippen LogP contribution in [0.1, 0.15) is 27.9 Å². The van der Waals surface area contributed by atoms with Crippen LogP contribution >= 0.6 is 0 Å². The van der Waals surface area contributed by atoms with Gasteiger partial charge in [0.2, 0.25) is 0 Å². The van der Waals surface area contributed by atoms with Gasteiger partial charge in [-0.05, 0) is 12.5 Å². The topological polar surface area (TPSA) is 79.4 Å². The van der Waals surface area contributed by atoms with Crippen LogP contribution in [-0.2, 0) is 24.4 Å². The smallest absolute Gasteiger partial charge is 0.145 e. The molecule has 2 aromatic rings. The van der Waals surface area contributed by atoms with E-state index < -0.39 is 0 Å². The summed E-state index contributed by atoms with van der Waals surface area (Å²) in [5.74, 6) is 0.0753. The summed E-state index contributed by atoms with van der Waals surface area (Å²) in [6, 6.07) is 8.33. The lowest BCUT2D eigenvalue weighted by molar-refractivity contribution is -0.921. The van der Waals surface area contributed by atoms with Gasteiger partial charge in [0, 0.05) is 29.1 Å². The molecule has 26 heavy (non-hydrogen) atoms. The van der Waals surface area contributed by atoms with E-state index in [2.05, 4.69) is 28.2 Å². The van der Waals surface area contributed by atoms with Crippen molar-refractivity contribution in [1.29, 1.82) is 0 Å². The summed E-state index contributed by atoms with van der Waals surface area (Å²) in [5, 5.41) is 19.6. The number of hydrogen-bond donors (Lipinski definition) is 3. The highest BCUT2D eigenvalue weighted by atomic mass is 16.5. The number of aliphatic hydroxyl groups excluding tert-OH is 1. The van der Waals surface area contributed by atoms with E-state index in [0.717, 1.165) is 32.8 Å². The molecule has 1 aromatic heterocycles. The van der Waals surface area contributed by atoms with Gasteiger partial charge in [-0.1, -0.05) is 24.3 Å². The van der Waals surface area contributed by atoms with Crippen molar-refractivity contribution in [3.8, 4) is 5.75 Å². The average Bonchev–Trinajstić information content (AvgIpc) is 2.67. The molecule has 1 aromatic carbocycles. The number of morpholine rings is 1. The molecule has 1 aliphatic heterocycles. The van der Waals surface area contributed by atoms with Crippen molar-refractivity contribution in [3.05, 3.63) is 58.4 Å². The summed E-state index contributed by atoms with van der Waals surface area (Å²) in [6.45, 7) is 6.75. The number of aromatic nitrogens is 1. The minimum atomic E-state index is -0.181. The normalized spacial score (nSPS) is 15.6. The van der Waals surface area contributed by atoms with Crippen molar-refractivity contribution in [2.45, 2.75) is 26.6 Å². The van der Waals surface area contributed by atoms with Gasteiger partial charge < -0.3 is 19.8 Å². The second-order valence-corrected chi connectivity index (χ2v) is 6.57. The Morgan fingerprint density at radius 1 is 1.19 bits per heavy atom. The highest BCUT2D eigenvalue weighted by molar-refractivity contribution is 5.85. The molecule has 138 valence electrons. The van der Waals surface area contributed by atoms with Crippen LogP contribution in [0.25, 0.3) is 0 Å². The summed E-state index contributed by atoms with van der Waals surface area (Å²) in [4.78, 5) is 10.1. The zero-order valence-electron chi connectivity index (χ0n) is 15.1. The monoisotopic (exact) mass is 356 g/mol. The molecule has 0 bridgehead atoms. The second kappa shape index (κ2) is 8.89. The van der Waals surface area contributed by atoms with Gasteiger partial charge in [-0.15, -0.1) is 0 Å². The molecule has 0 spiro atoms. The number of nitrogens with one attached hydrogen (secondary N) is 1. The molecule has 6 heteroatoms. The van der Waals surface area contributed by atoms with Gasteiger partial charge in [-0.3, -0.25) is 9.98 Å². The molecule has 1 fully saturated rings. The molecule has 0 saturated carbocycles. The van der Waals surface area contributed by atoms with E-state index in [1.165, 1.54) is 16.0 Å². The highest BCUT2D eigenvalue weighted by Crippen LogP contribution is 2.22. The Kier molecular flexibility index (Phi) is 6.33. The van der Waals surface area contributed by atoms with Gasteiger partial charge in [-0.2, -0.15) is 0 Å². The SMILES string of the molecule is Cc1ncc(CO)c(C=NCc2ccccc2C[NH+]2CCOCC2)c1O. The number of aryl methyl sites for hydroxylation is 1. The predicted octanol–water partition coefficient (Wildman–Crippen LogP) is 0.622. The zero-order chi connectivity index (χ0) is 18.4. The lowest BCUT2D eigenvalue weighted by Crippen LogP contribution is -3.12. The van der Waals surface area contributed by atoms with E-state index in [4.69, 9.17) is 4.74 Å². The van der Waals surface area contributed by atoms with Gasteiger partial charge in [0.15, 0.2) is 0 Å². The number of nitrogens with zero attached hydrogens (tertiary/aromatic N) is 2. The van der Waals surface area contributed by atoms with E-state index in [-0.39, 0.29) is 12.4 Å². The number of ether oxygens (including phenoxy) is 1. The number of aromatic hydroxyl groups is 1. The summed E-state index contributed by atoms with van der Waals surface area (Å²) in [7, 11) is 0. The third-order valence-electron chi connectivity index (χ3n) is 4.77. The predicted molar refractivity (Wildman–Crippen MR) is 99.5 cm³/mol. The molecule has 0 radical (unpaired) electrons. The lowest BCUT2D eigenvalue weighted by Gasteiger charge is -2.24. The van der Waals surface area contributed by atoms with E-state index >= 15 is 0 Å². The van der Waals surface area contributed by atoms with Gasteiger partial charge in [-0.25, -0.2) is 0 Å². The molecule has 0 aliphatic carbocycles. The second-order valence-electron chi connectivity index (χ2n) is 6.57. The molecule has 1 saturated heterocycles. The molecule has 0 atom stereocenters. The van der Waals surface area contributed by atoms with E-state index in [1.807, 2.05) is 6.07 Å². The van der Waals surface area contributed by atoms with Crippen LogP contribution in [0.15, 0.2) is 35.5 Å². The van der Waals surface area contributed by atoms with E-state index in [9.17, 15) is 10.2 Å². The lowest BCUT2D eigenvalue weighted by atomic mass is 10.1. The van der Waals surface area contributed by atoms with Gasteiger partial charge in [0.25, 0.3) is 0 Å². The standard InChI is InChI=1S/C20H25N3O3/c1-15-20(25)19(18(14-24)11-22-15)12-21-10-16-4-2-3-5-17(16)13-23-6-8-26-9-7-23/h2-5,11-12,24-25H,6-10,13-14H2,1H3/p+1. The van der Waals surface area contributed by atoms with Crippen LogP contribution in [0.3, 0.4) is 0 Å². The first-order valence-corrected chi connectivity index (χ1v) is 8.95. The maximum absolute atomic E-state index is 10.2. The van der Waals surface area contributed by atoms with Crippen molar-refractivity contribution in [2.75, 3.05) is 26.3 Å². The maximum Gasteiger partial charge on any atom is 0.145 e. The van der Waals surface area contributed by atoms with Gasteiger partial charge >= 0.3 is 0 Å². The molecule has 3 N–H and O–H groups in total. The Balaban J connectivity index is 1.74. The Labute approximate surface area is 153 Å². The van der Waals surface area contributed by atoms with Crippen LogP contribution in [0.5, 0.6) is 5.75 Å². The van der Waals surface area contributed by atoms with Crippen molar-refractivity contribution in [2.24, 2.45) is 4.99 Å². The molecule has 0 amide bonds. The van der Waals surface area contributed by atoms with Gasteiger partial charge in [0.05, 0.1) is 32.1 Å². The third kappa shape index (κ3) is 4.46. The van der Waals surface area contributed by atoms with Gasteiger partial charge in [0.1, 0.15) is 25.4 Å². The fourth-order valence-electron chi connectivity index (χ4n) is 3.15. The zero-order valence-corrected chi connectivity index (χ0v) is 15.1. The minimum absolute atomic E-state index is 0.0753. The van der Waals surface area contributed by atoms with Crippen molar-refractivity contribution < 1.29 is 19.8 Å². The summed E-state index contributed by atoms with van der Waals surface area (Å²) < 4.78 is 5.43. The first-order valence-electron chi connectivity index (χ1n) is 8.95. The molecule has 3 rings (SSSR count). The van der Waals surface area contributed by atoms with Crippen molar-refractivity contribution in [3.63, 3.8) is 0 Å². The number of aliphatic imine (C=N–C) groups is 1. The molecule has 0 unspecified atom stereocenters. The highest BCUT2D eigenvalue weighted by Gasteiger charge is 2.15. The number of hydrogen-bond acceptors (Lipinski definition) is 5. The molecular formula is C20H26N3O3+. The number of quaternary nitrogens is 1. The molecule has 1 aliphatic rings. The van der Waals surface area contributed by atoms with Crippen molar-refractivity contribution >= 4 is 6.21 Å². The summed E-state index contributed by atoms with van der Waals surface area (Å²) in [6.07, 6.45) is 3.21. The van der Waals surface area contributed by atoms with Crippen LogP contribution in [0, 0.1) is 6.92 Å². The third-order valence-corrected chi connectivity index (χ3v) is 4.77. The van der Waals surface area contributed by atoms with Crippen LogP contribution in [-0.4, -0.2) is 47.7 Å². The molecule has 2 heterocycles.